The summed E-state index contributed by atoms with van der Waals surface area (Å²) in [6.45, 7) is 1.92. The van der Waals surface area contributed by atoms with Crippen LogP contribution < -0.4 is 4.74 Å². The standard InChI is InChI=1S/C23H20F3NO4/c1-2-12-5-7-16(31-19-8-6-15(23(24,25)26)10-18(19)27-30)11-17(12)20-21(28)13-3-4-14(9-13)22(20)29/h5-8,10-11,13-14,28H,2-4,9H2,1H3. The van der Waals surface area contributed by atoms with Crippen LogP contribution in [-0.2, 0) is 17.4 Å². The maximum Gasteiger partial charge on any atom is 0.416 e. The second-order valence-electron chi connectivity index (χ2n) is 7.88. The van der Waals surface area contributed by atoms with Gasteiger partial charge in [0.15, 0.2) is 17.2 Å². The fourth-order valence-electron chi connectivity index (χ4n) is 4.41. The first kappa shape index (κ1) is 21.1. The number of carbonyl (C=O) groups excluding carboxylic acids is 1. The zero-order valence-electron chi connectivity index (χ0n) is 16.7. The van der Waals surface area contributed by atoms with Gasteiger partial charge in [0.25, 0.3) is 0 Å². The van der Waals surface area contributed by atoms with Gasteiger partial charge < -0.3 is 9.84 Å². The number of benzene rings is 2. The first-order chi connectivity index (χ1) is 14.7. The molecular formula is C23H20F3NO4. The van der Waals surface area contributed by atoms with Gasteiger partial charge >= 0.3 is 6.18 Å². The summed E-state index contributed by atoms with van der Waals surface area (Å²) >= 11 is 0. The van der Waals surface area contributed by atoms with E-state index in [9.17, 15) is 28.0 Å². The zero-order valence-corrected chi connectivity index (χ0v) is 16.7. The van der Waals surface area contributed by atoms with Crippen molar-refractivity contribution in [2.45, 2.75) is 38.8 Å². The highest BCUT2D eigenvalue weighted by molar-refractivity contribution is 6.23. The molecule has 1 N–H and O–H groups in total. The van der Waals surface area contributed by atoms with Crippen LogP contribution in [0.2, 0.25) is 0 Å². The number of allylic oxidation sites excluding steroid dienone is 2. The number of nitroso groups, excluding NO2 is 1. The predicted molar refractivity (Wildman–Crippen MR) is 108 cm³/mol. The first-order valence-corrected chi connectivity index (χ1v) is 10.1. The number of fused-ring (bicyclic) bond motifs is 2. The van der Waals surface area contributed by atoms with Gasteiger partial charge in [-0.05, 0) is 72.3 Å². The average molecular weight is 431 g/mol. The molecule has 2 bridgehead atoms. The number of halogens is 3. The maximum atomic E-state index is 12.9. The summed E-state index contributed by atoms with van der Waals surface area (Å²) in [5, 5.41) is 13.4. The molecule has 1 saturated carbocycles. The maximum absolute atomic E-state index is 12.9. The number of hydrogen-bond donors (Lipinski definition) is 1. The van der Waals surface area contributed by atoms with Crippen molar-refractivity contribution < 1.29 is 27.8 Å². The van der Waals surface area contributed by atoms with Crippen LogP contribution in [0, 0.1) is 16.7 Å². The van der Waals surface area contributed by atoms with Crippen LogP contribution in [0.25, 0.3) is 5.57 Å². The molecule has 2 atom stereocenters. The Kier molecular flexibility index (Phi) is 5.33. The van der Waals surface area contributed by atoms with Crippen molar-refractivity contribution in [1.82, 2.24) is 0 Å². The summed E-state index contributed by atoms with van der Waals surface area (Å²) < 4.78 is 44.4. The number of aryl methyl sites for hydroxylation is 1. The van der Waals surface area contributed by atoms with E-state index in [1.54, 1.807) is 18.2 Å². The number of nitrogens with zero attached hydrogens (tertiary/aromatic N) is 1. The van der Waals surface area contributed by atoms with E-state index >= 15 is 0 Å². The smallest absolute Gasteiger partial charge is 0.416 e. The van der Waals surface area contributed by atoms with Crippen LogP contribution in [0.5, 0.6) is 11.5 Å². The lowest BCUT2D eigenvalue weighted by molar-refractivity contribution is -0.137. The van der Waals surface area contributed by atoms with E-state index in [1.165, 1.54) is 0 Å². The molecule has 0 aromatic heterocycles. The third-order valence-corrected chi connectivity index (χ3v) is 6.04. The van der Waals surface area contributed by atoms with E-state index in [2.05, 4.69) is 5.18 Å². The number of ether oxygens (including phenoxy) is 1. The Morgan fingerprint density at radius 1 is 1.13 bits per heavy atom. The third kappa shape index (κ3) is 3.82. The van der Waals surface area contributed by atoms with E-state index < -0.39 is 17.4 Å². The highest BCUT2D eigenvalue weighted by Gasteiger charge is 2.41. The number of rotatable bonds is 5. The number of aliphatic hydroxyl groups is 1. The molecule has 31 heavy (non-hydrogen) atoms. The van der Waals surface area contributed by atoms with Crippen molar-refractivity contribution in [2.24, 2.45) is 17.0 Å². The Balaban J connectivity index is 1.73. The minimum atomic E-state index is -4.61. The Morgan fingerprint density at radius 2 is 1.87 bits per heavy atom. The number of ketones is 1. The molecule has 0 aliphatic heterocycles. The van der Waals surface area contributed by atoms with Gasteiger partial charge in [0.1, 0.15) is 11.5 Å². The molecule has 4 rings (SSSR count). The normalized spacial score (nSPS) is 20.8. The van der Waals surface area contributed by atoms with Crippen molar-refractivity contribution in [1.29, 1.82) is 0 Å². The summed E-state index contributed by atoms with van der Waals surface area (Å²) in [6.07, 6.45) is -1.83. The number of alkyl halides is 3. The predicted octanol–water partition coefficient (Wildman–Crippen LogP) is 6.73. The summed E-state index contributed by atoms with van der Waals surface area (Å²) in [5.74, 6) is -0.0497. The summed E-state index contributed by atoms with van der Waals surface area (Å²) in [6, 6.07) is 7.40. The fraction of sp³-hybridized carbons (Fsp3) is 0.348. The van der Waals surface area contributed by atoms with Crippen LogP contribution in [0.3, 0.4) is 0 Å². The molecule has 2 aliphatic rings. The molecule has 162 valence electrons. The van der Waals surface area contributed by atoms with Crippen molar-refractivity contribution in [3.8, 4) is 11.5 Å². The van der Waals surface area contributed by atoms with Crippen LogP contribution in [0.15, 0.2) is 47.3 Å². The molecule has 8 heteroatoms. The molecule has 1 fully saturated rings. The topological polar surface area (TPSA) is 76.0 Å². The Labute approximate surface area is 176 Å². The molecule has 2 unspecified atom stereocenters. The molecule has 0 amide bonds. The molecule has 0 radical (unpaired) electrons. The average Bonchev–Trinajstić information content (AvgIpc) is 3.19. The lowest BCUT2D eigenvalue weighted by atomic mass is 9.81. The Morgan fingerprint density at radius 3 is 2.55 bits per heavy atom. The van der Waals surface area contributed by atoms with Crippen molar-refractivity contribution >= 4 is 17.0 Å². The highest BCUT2D eigenvalue weighted by Crippen LogP contribution is 2.46. The highest BCUT2D eigenvalue weighted by atomic mass is 19.4. The van der Waals surface area contributed by atoms with Crippen LogP contribution >= 0.6 is 0 Å². The molecule has 0 spiro atoms. The summed E-state index contributed by atoms with van der Waals surface area (Å²) in [5.41, 5.74) is 0.193. The molecule has 5 nitrogen and oxygen atoms in total. The van der Waals surface area contributed by atoms with Gasteiger partial charge in [-0.1, -0.05) is 13.0 Å². The summed E-state index contributed by atoms with van der Waals surface area (Å²) in [7, 11) is 0. The van der Waals surface area contributed by atoms with Gasteiger partial charge in [-0.2, -0.15) is 13.2 Å². The van der Waals surface area contributed by atoms with E-state index in [4.69, 9.17) is 4.74 Å². The van der Waals surface area contributed by atoms with Gasteiger partial charge in [-0.25, -0.2) is 0 Å². The summed E-state index contributed by atoms with van der Waals surface area (Å²) in [4.78, 5) is 24.0. The SMILES string of the molecule is CCc1ccc(Oc2ccc(C(F)(F)F)cc2N=O)cc1C1=C(O)C2CCC(C2)C1=O. The van der Waals surface area contributed by atoms with Crippen molar-refractivity contribution in [3.63, 3.8) is 0 Å². The lowest BCUT2D eigenvalue weighted by Gasteiger charge is -2.23. The zero-order chi connectivity index (χ0) is 22.3. The number of hydrogen-bond acceptors (Lipinski definition) is 5. The minimum Gasteiger partial charge on any atom is -0.511 e. The fourth-order valence-corrected chi connectivity index (χ4v) is 4.41. The first-order valence-electron chi connectivity index (χ1n) is 10.1. The molecule has 0 heterocycles. The van der Waals surface area contributed by atoms with E-state index in [0.29, 0.717) is 30.0 Å². The van der Waals surface area contributed by atoms with Crippen molar-refractivity contribution in [3.05, 3.63) is 63.8 Å². The Hall–Kier alpha value is -3.16. The molecular weight excluding hydrogens is 411 g/mol. The number of Topliss-reactive ketones (excluding diaryl/α,β-unsaturated/α-hetero) is 1. The molecule has 0 saturated heterocycles. The van der Waals surface area contributed by atoms with E-state index in [-0.39, 0.29) is 34.9 Å². The molecule has 2 aromatic carbocycles. The van der Waals surface area contributed by atoms with Crippen LogP contribution in [0.1, 0.15) is 42.9 Å². The number of carbonyl (C=O) groups is 1. The lowest BCUT2D eigenvalue weighted by Crippen LogP contribution is -2.21. The minimum absolute atomic E-state index is 0.0345. The van der Waals surface area contributed by atoms with E-state index in [1.807, 2.05) is 6.92 Å². The number of aliphatic hydroxyl groups excluding tert-OH is 1. The monoisotopic (exact) mass is 431 g/mol. The second kappa shape index (κ2) is 7.83. The van der Waals surface area contributed by atoms with Gasteiger partial charge in [0, 0.05) is 11.8 Å². The molecule has 2 aromatic rings. The van der Waals surface area contributed by atoms with Crippen LogP contribution in [-0.4, -0.2) is 10.9 Å². The molecule has 2 aliphatic carbocycles. The van der Waals surface area contributed by atoms with Gasteiger partial charge in [0.05, 0.1) is 11.1 Å². The van der Waals surface area contributed by atoms with Crippen LogP contribution in [0.4, 0.5) is 18.9 Å². The van der Waals surface area contributed by atoms with E-state index in [0.717, 1.165) is 30.5 Å². The second-order valence-corrected chi connectivity index (χ2v) is 7.88. The van der Waals surface area contributed by atoms with Gasteiger partial charge in [0.2, 0.25) is 0 Å². The quantitative estimate of drug-likeness (QED) is 0.533. The van der Waals surface area contributed by atoms with Gasteiger partial charge in [-0.15, -0.1) is 4.91 Å². The third-order valence-electron chi connectivity index (χ3n) is 6.04. The Bertz CT molecular complexity index is 1090. The van der Waals surface area contributed by atoms with Crippen molar-refractivity contribution in [2.75, 3.05) is 0 Å². The largest absolute Gasteiger partial charge is 0.511 e. The van der Waals surface area contributed by atoms with Gasteiger partial charge in [-0.3, -0.25) is 4.79 Å².